The number of sulfone groups is 3. The van der Waals surface area contributed by atoms with Gasteiger partial charge in [-0.1, -0.05) is 102 Å². The second-order valence-corrected chi connectivity index (χ2v) is 37.7. The SMILES string of the molecule is CC1(C)CCC[C@]2(C)[C@H]3CS(=O)(=O)c4cc(C(=O)O)cc(O)c4[C@]3(C)CC[C@@H]12.CNC(=O)c1cc(O)c2c(c1)S(=O)(=O)C[C@@H]1[C@@]3(C)CCCC(C)(C)[C@@H]3CC[C@@]21C.COC(=O)c1cc(OC)c2c(c1)S(=O)(=O)C[C@@H]1[C@@]3(C)CCCC(C)(C)[C@@H]3CC[C@@]21C. The molecule has 87 heavy (non-hydrogen) atoms. The zero-order valence-electron chi connectivity index (χ0n) is 54.2. The number of aromatic hydroxyl groups is 2. The molecule has 12 atom stereocenters. The lowest BCUT2D eigenvalue weighted by Gasteiger charge is -2.63. The lowest BCUT2D eigenvalue weighted by atomic mass is 9.43. The van der Waals surface area contributed by atoms with Crippen LogP contribution in [-0.2, 0) is 50.5 Å². The number of benzene rings is 3. The fourth-order valence-electron chi connectivity index (χ4n) is 21.9. The summed E-state index contributed by atoms with van der Waals surface area (Å²) < 4.78 is 91.1. The molecule has 3 aliphatic heterocycles. The zero-order chi connectivity index (χ0) is 64.2. The molecule has 0 bridgehead atoms. The number of hydrogen-bond acceptors (Lipinski definition) is 13. The van der Waals surface area contributed by atoms with Gasteiger partial charge in [-0.3, -0.25) is 4.79 Å². The minimum absolute atomic E-state index is 0.0146. The second-order valence-electron chi connectivity index (χ2n) is 31.7. The van der Waals surface area contributed by atoms with Crippen molar-refractivity contribution in [3.8, 4) is 17.2 Å². The van der Waals surface area contributed by atoms with E-state index < -0.39 is 58.2 Å². The van der Waals surface area contributed by atoms with Gasteiger partial charge in [-0.2, -0.15) is 0 Å². The quantitative estimate of drug-likeness (QED) is 0.178. The molecule has 3 heterocycles. The molecular weight excluding hydrogens is 1160 g/mol. The van der Waals surface area contributed by atoms with E-state index >= 15 is 0 Å². The van der Waals surface area contributed by atoms with E-state index in [9.17, 15) is 55.0 Å². The molecule has 4 N–H and O–H groups in total. The van der Waals surface area contributed by atoms with Gasteiger partial charge in [0.25, 0.3) is 5.91 Å². The average Bonchev–Trinajstić information content (AvgIpc) is 0.710. The standard InChI is InChI=1S/C24H34O5S.C23H33NO4S.C22H30O5S/c1-22(2)9-7-10-23(3)18(22)8-11-24(4)19(23)14-30(26,27)17-13-15(21(25)29-6)12-16(28-5)20(17)24;1-21(2)8-6-9-22(3)17(21)7-10-23(4)18(22)13-29(27,28)16-12-14(20(26)24-5)11-15(25)19(16)23;1-20(2)7-5-8-21(3)16(20)6-9-22(4)17(21)12-28(26,27)15-11-13(19(24)25)10-14(23)18(15)22/h12-13,18-19H,7-11,14H2,1-6H3;11-12,17-18,25H,6-10,13H2,1-5H3,(H,24,26);10-11,16-17,23H,5-9,12H2,1-4H3,(H,24,25)/t18-,19+,23-,24+;17-,18+,22-,23+;16-,17+,21-,22+/m000/s1. The van der Waals surface area contributed by atoms with E-state index in [4.69, 9.17) is 9.47 Å². The molecule has 1 amide bonds. The molecule has 15 nitrogen and oxygen atoms in total. The Bertz CT molecular complexity index is 3700. The minimum Gasteiger partial charge on any atom is -0.508 e. The van der Waals surface area contributed by atoms with Crippen LogP contribution in [0.25, 0.3) is 0 Å². The van der Waals surface area contributed by atoms with Crippen molar-refractivity contribution in [1.29, 1.82) is 0 Å². The molecule has 0 unspecified atom stereocenters. The molecule has 12 rings (SSSR count). The molecule has 480 valence electrons. The van der Waals surface area contributed by atoms with E-state index in [-0.39, 0.29) is 116 Å². The highest BCUT2D eigenvalue weighted by Crippen LogP contribution is 2.71. The topological polar surface area (TPSA) is 245 Å². The Morgan fingerprint density at radius 2 is 0.793 bits per heavy atom. The molecule has 0 spiro atoms. The van der Waals surface area contributed by atoms with E-state index in [0.717, 1.165) is 89.0 Å². The third-order valence-corrected chi connectivity index (χ3v) is 31.2. The van der Waals surface area contributed by atoms with Crippen LogP contribution in [0.2, 0.25) is 0 Å². The van der Waals surface area contributed by atoms with E-state index in [1.165, 1.54) is 57.3 Å². The molecule has 0 aromatic heterocycles. The molecule has 6 saturated carbocycles. The molecule has 6 aliphatic carbocycles. The fraction of sp³-hybridized carbons (Fsp3) is 0.696. The Balaban J connectivity index is 0.000000145. The van der Waals surface area contributed by atoms with Crippen LogP contribution < -0.4 is 10.1 Å². The number of fused-ring (bicyclic) bond motifs is 15. The molecule has 3 aromatic carbocycles. The summed E-state index contributed by atoms with van der Waals surface area (Å²) in [5.41, 5.74) is 1.14. The van der Waals surface area contributed by atoms with Crippen LogP contribution in [0.4, 0.5) is 0 Å². The van der Waals surface area contributed by atoms with Crippen molar-refractivity contribution < 1.29 is 64.4 Å². The Morgan fingerprint density at radius 3 is 1.14 bits per heavy atom. The lowest BCUT2D eigenvalue weighted by Crippen LogP contribution is -2.60. The largest absolute Gasteiger partial charge is 0.508 e. The molecule has 6 fully saturated rings. The van der Waals surface area contributed by atoms with Gasteiger partial charge in [0, 0.05) is 45.5 Å². The maximum absolute atomic E-state index is 13.6. The maximum atomic E-state index is 13.6. The lowest BCUT2D eigenvalue weighted by molar-refractivity contribution is -0.0986. The van der Waals surface area contributed by atoms with Crippen molar-refractivity contribution in [3.05, 3.63) is 69.8 Å². The summed E-state index contributed by atoms with van der Waals surface area (Å²) in [5.74, 6) is -0.352. The minimum atomic E-state index is -3.68. The number of rotatable bonds is 4. The van der Waals surface area contributed by atoms with Crippen LogP contribution in [0.5, 0.6) is 17.2 Å². The van der Waals surface area contributed by atoms with Crippen LogP contribution in [0.15, 0.2) is 51.1 Å². The predicted molar refractivity (Wildman–Crippen MR) is 335 cm³/mol. The molecule has 9 aliphatic rings. The van der Waals surface area contributed by atoms with Gasteiger partial charge in [0.1, 0.15) is 17.2 Å². The van der Waals surface area contributed by atoms with Gasteiger partial charge in [0.05, 0.1) is 57.3 Å². The highest BCUT2D eigenvalue weighted by atomic mass is 32.2. The number of carbonyl (C=O) groups excluding carboxylic acids is 2. The van der Waals surface area contributed by atoms with Gasteiger partial charge < -0.3 is 30.1 Å². The van der Waals surface area contributed by atoms with Gasteiger partial charge in [0.2, 0.25) is 0 Å². The highest BCUT2D eigenvalue weighted by Gasteiger charge is 2.66. The van der Waals surface area contributed by atoms with E-state index in [1.54, 1.807) is 13.2 Å². The number of phenolic OH excluding ortho intramolecular Hbond substituents is 2. The number of phenols is 2. The monoisotopic (exact) mass is 1260 g/mol. The summed E-state index contributed by atoms with van der Waals surface area (Å²) in [6.45, 7) is 27.3. The number of amides is 1. The molecule has 0 saturated heterocycles. The summed E-state index contributed by atoms with van der Waals surface area (Å²) in [4.78, 5) is 36.1. The first kappa shape index (κ1) is 65.3. The zero-order valence-corrected chi connectivity index (χ0v) is 56.7. The van der Waals surface area contributed by atoms with Crippen LogP contribution in [0, 0.1) is 68.0 Å². The van der Waals surface area contributed by atoms with Gasteiger partial charge >= 0.3 is 11.9 Å². The summed E-state index contributed by atoms with van der Waals surface area (Å²) in [5, 5.41) is 33.6. The Morgan fingerprint density at radius 1 is 0.460 bits per heavy atom. The number of methoxy groups -OCH3 is 2. The molecule has 0 radical (unpaired) electrons. The number of hydrogen-bond donors (Lipinski definition) is 4. The smallest absolute Gasteiger partial charge is 0.338 e. The second kappa shape index (κ2) is 21.2. The fourth-order valence-corrected chi connectivity index (χ4v) is 28.9. The van der Waals surface area contributed by atoms with Gasteiger partial charge in [0.15, 0.2) is 29.5 Å². The summed E-state index contributed by atoms with van der Waals surface area (Å²) in [7, 11) is -6.50. The first-order chi connectivity index (χ1) is 40.1. The third-order valence-electron chi connectivity index (χ3n) is 25.9. The van der Waals surface area contributed by atoms with Crippen molar-refractivity contribution in [3.63, 3.8) is 0 Å². The van der Waals surface area contributed by atoms with Gasteiger partial charge in [-0.25, -0.2) is 34.8 Å². The van der Waals surface area contributed by atoms with E-state index in [1.807, 2.05) is 0 Å². The number of carbonyl (C=O) groups is 3. The maximum Gasteiger partial charge on any atom is 0.338 e. The van der Waals surface area contributed by atoms with Crippen molar-refractivity contribution in [2.45, 2.75) is 210 Å². The molecule has 3 aromatic rings. The number of esters is 1. The first-order valence-corrected chi connectivity index (χ1v) is 36.8. The normalized spacial score (nSPS) is 37.0. The van der Waals surface area contributed by atoms with Crippen molar-refractivity contribution in [2.24, 2.45) is 68.0 Å². The Hall–Kier alpha value is -4.68. The summed E-state index contributed by atoms with van der Waals surface area (Å²) >= 11 is 0. The van der Waals surface area contributed by atoms with E-state index in [0.29, 0.717) is 34.6 Å². The van der Waals surface area contributed by atoms with Gasteiger partial charge in [-0.15, -0.1) is 0 Å². The highest BCUT2D eigenvalue weighted by molar-refractivity contribution is 7.92. The van der Waals surface area contributed by atoms with Crippen LogP contribution in [0.1, 0.15) is 227 Å². The Labute approximate surface area is 518 Å². The van der Waals surface area contributed by atoms with Crippen LogP contribution in [0.3, 0.4) is 0 Å². The molecular formula is C69H97NO14S3. The van der Waals surface area contributed by atoms with E-state index in [2.05, 4.69) is 88.4 Å². The predicted octanol–water partition coefficient (Wildman–Crippen LogP) is 13.2. The summed E-state index contributed by atoms with van der Waals surface area (Å²) in [6, 6.07) is 8.49. The molecule has 18 heteroatoms. The van der Waals surface area contributed by atoms with Crippen molar-refractivity contribution in [2.75, 3.05) is 38.5 Å². The number of aromatic carboxylic acids is 1. The van der Waals surface area contributed by atoms with Crippen molar-refractivity contribution >= 4 is 47.4 Å². The van der Waals surface area contributed by atoms with Gasteiger partial charge in [-0.05, 0) is 181 Å². The number of carboxylic acid groups (broad SMARTS) is 1. The van der Waals surface area contributed by atoms with Crippen molar-refractivity contribution in [1.82, 2.24) is 5.32 Å². The summed E-state index contributed by atoms with van der Waals surface area (Å²) in [6.07, 6.45) is 15.7. The first-order valence-electron chi connectivity index (χ1n) is 31.8. The number of ether oxygens (including phenoxy) is 2. The third kappa shape index (κ3) is 9.99. The average molecular weight is 1260 g/mol. The van der Waals surface area contributed by atoms with Crippen LogP contribution >= 0.6 is 0 Å². The van der Waals surface area contributed by atoms with Crippen LogP contribution in [-0.4, -0.2) is 96.9 Å². The Kier molecular flexibility index (Phi) is 15.9. The number of carboxylic acids is 1. The number of nitrogens with one attached hydrogen (secondary N) is 1.